The summed E-state index contributed by atoms with van der Waals surface area (Å²) in [7, 11) is 1.15. The van der Waals surface area contributed by atoms with E-state index in [4.69, 9.17) is 14.2 Å². The fourth-order valence-electron chi connectivity index (χ4n) is 3.99. The molecule has 1 aliphatic heterocycles. The van der Waals surface area contributed by atoms with Crippen LogP contribution in [0.15, 0.2) is 0 Å². The number of hydrogen-bond acceptors (Lipinski definition) is 7. The molecule has 0 N–H and O–H groups in total. The van der Waals surface area contributed by atoms with Crippen LogP contribution < -0.4 is 0 Å². The first-order valence-electron chi connectivity index (χ1n) is 9.68. The Bertz CT molecular complexity index is 574. The second-order valence-electron chi connectivity index (χ2n) is 7.71. The smallest absolute Gasteiger partial charge is 0.405 e. The highest BCUT2D eigenvalue weighted by molar-refractivity contribution is 6.35. The summed E-state index contributed by atoms with van der Waals surface area (Å²) in [5.74, 6) is -0.951. The summed E-state index contributed by atoms with van der Waals surface area (Å²) < 4.78 is 16.5. The molecule has 1 heterocycles. The van der Waals surface area contributed by atoms with Crippen molar-refractivity contribution in [1.82, 2.24) is 0 Å². The van der Waals surface area contributed by atoms with Gasteiger partial charge in [0.1, 0.15) is 5.92 Å². The van der Waals surface area contributed by atoms with E-state index in [0.29, 0.717) is 17.8 Å². The van der Waals surface area contributed by atoms with E-state index in [-0.39, 0.29) is 29.7 Å². The van der Waals surface area contributed by atoms with Gasteiger partial charge in [-0.1, -0.05) is 27.2 Å². The van der Waals surface area contributed by atoms with E-state index in [2.05, 4.69) is 25.6 Å². The van der Waals surface area contributed by atoms with Gasteiger partial charge in [-0.2, -0.15) is 0 Å². The number of nitrogens with zero attached hydrogens (tertiary/aromatic N) is 1. The first-order valence-corrected chi connectivity index (χ1v) is 9.68. The normalized spacial score (nSPS) is 32.1. The average Bonchev–Trinajstić information content (AvgIpc) is 2.94. The van der Waals surface area contributed by atoms with Crippen molar-refractivity contribution in [2.75, 3.05) is 13.7 Å². The molecule has 5 atom stereocenters. The zero-order chi connectivity index (χ0) is 20.1. The van der Waals surface area contributed by atoms with Crippen molar-refractivity contribution in [3.63, 3.8) is 0 Å². The Kier molecular flexibility index (Phi) is 7.47. The zero-order valence-corrected chi connectivity index (χ0v) is 16.8. The maximum Gasteiger partial charge on any atom is 0.405 e. The van der Waals surface area contributed by atoms with Gasteiger partial charge >= 0.3 is 17.7 Å². The van der Waals surface area contributed by atoms with Crippen LogP contribution in [0.25, 0.3) is 0 Å². The summed E-state index contributed by atoms with van der Waals surface area (Å²) in [6, 6.07) is 0. The van der Waals surface area contributed by atoms with Crippen LogP contribution in [0.4, 0.5) is 0 Å². The molecule has 0 aromatic heterocycles. The third-order valence-corrected chi connectivity index (χ3v) is 5.43. The molecular weight excluding hydrogens is 354 g/mol. The van der Waals surface area contributed by atoms with Crippen molar-refractivity contribution < 1.29 is 33.5 Å². The van der Waals surface area contributed by atoms with Crippen LogP contribution in [0.3, 0.4) is 0 Å². The molecule has 2 aliphatic rings. The lowest BCUT2D eigenvalue weighted by molar-refractivity contribution is -0.734. The van der Waals surface area contributed by atoms with Crippen LogP contribution in [-0.4, -0.2) is 48.7 Å². The molecule has 154 valence electrons. The molecule has 8 nitrogen and oxygen atoms in total. The Morgan fingerprint density at radius 1 is 1.37 bits per heavy atom. The van der Waals surface area contributed by atoms with Crippen molar-refractivity contribution in [3.05, 3.63) is 5.21 Å². The fourth-order valence-corrected chi connectivity index (χ4v) is 3.99. The Morgan fingerprint density at radius 3 is 2.67 bits per heavy atom. The Balaban J connectivity index is 2.25. The number of cyclic esters (lactones) is 1. The van der Waals surface area contributed by atoms with E-state index in [9.17, 15) is 14.8 Å². The van der Waals surface area contributed by atoms with Gasteiger partial charge in [0.2, 0.25) is 6.29 Å². The maximum absolute atomic E-state index is 12.3. The lowest BCUT2D eigenvalue weighted by Crippen LogP contribution is -2.43. The second-order valence-corrected chi connectivity index (χ2v) is 7.71. The summed E-state index contributed by atoms with van der Waals surface area (Å²) >= 11 is 0. The highest BCUT2D eigenvalue weighted by Crippen LogP contribution is 2.38. The van der Waals surface area contributed by atoms with Gasteiger partial charge in [-0.05, 0) is 37.5 Å². The number of hydrogen-bond donors (Lipinski definition) is 0. The van der Waals surface area contributed by atoms with E-state index in [1.165, 1.54) is 0 Å². The van der Waals surface area contributed by atoms with E-state index < -0.39 is 24.1 Å². The summed E-state index contributed by atoms with van der Waals surface area (Å²) in [5.41, 5.74) is -0.305. The van der Waals surface area contributed by atoms with Crippen LogP contribution in [0.5, 0.6) is 0 Å². The van der Waals surface area contributed by atoms with Crippen LogP contribution in [-0.2, 0) is 28.6 Å². The average molecular weight is 385 g/mol. The topological polar surface area (TPSA) is 97.1 Å². The number of carbonyl (C=O) groups excluding carboxylic acids is 2. The van der Waals surface area contributed by atoms with Gasteiger partial charge in [0.25, 0.3) is 0 Å². The lowest BCUT2D eigenvalue weighted by atomic mass is 9.75. The minimum absolute atomic E-state index is 0.0877. The summed E-state index contributed by atoms with van der Waals surface area (Å²) in [5, 5.41) is 12.1. The monoisotopic (exact) mass is 385 g/mol. The molecule has 1 saturated carbocycles. The summed E-state index contributed by atoms with van der Waals surface area (Å²) in [4.78, 5) is 29.0. The Labute approximate surface area is 160 Å². The van der Waals surface area contributed by atoms with E-state index in [1.54, 1.807) is 6.92 Å². The number of carbonyl (C=O) groups is 2. The van der Waals surface area contributed by atoms with Crippen molar-refractivity contribution in [2.45, 2.75) is 65.8 Å². The van der Waals surface area contributed by atoms with Crippen LogP contribution in [0.2, 0.25) is 0 Å². The molecule has 0 amide bonds. The number of ether oxygens (including phenoxy) is 3. The first-order chi connectivity index (χ1) is 12.8. The number of esters is 2. The van der Waals surface area contributed by atoms with Crippen molar-refractivity contribution in [3.8, 4) is 0 Å². The molecular formula is C19H31NO7. The molecule has 2 fully saturated rings. The molecule has 0 radical (unpaired) electrons. The minimum atomic E-state index is -1.000. The van der Waals surface area contributed by atoms with Gasteiger partial charge in [0, 0.05) is 12.0 Å². The SMILES string of the molecule is CCOC(=O)/C([C@@H]1CC(=O)O[C@H]1O[C@@H]1C[C@H](C)CC[C@H]1C(C)C)=[N+](\[O-])OC. The molecule has 1 saturated heterocycles. The third-order valence-electron chi connectivity index (χ3n) is 5.43. The number of rotatable bonds is 7. The molecule has 2 rings (SSSR count). The fraction of sp³-hybridized carbons (Fsp3) is 0.842. The Hall–Kier alpha value is -1.83. The molecule has 1 aliphatic carbocycles. The third kappa shape index (κ3) is 5.12. The molecule has 27 heavy (non-hydrogen) atoms. The van der Waals surface area contributed by atoms with Gasteiger partial charge in [-0.25, -0.2) is 4.79 Å². The van der Waals surface area contributed by atoms with Crippen molar-refractivity contribution >= 4 is 17.7 Å². The van der Waals surface area contributed by atoms with E-state index in [1.807, 2.05) is 0 Å². The Morgan fingerprint density at radius 2 is 2.07 bits per heavy atom. The summed E-state index contributed by atoms with van der Waals surface area (Å²) in [6.45, 7) is 8.21. The quantitative estimate of drug-likeness (QED) is 0.287. The lowest BCUT2D eigenvalue weighted by Gasteiger charge is -2.38. The molecule has 0 unspecified atom stereocenters. The first kappa shape index (κ1) is 21.5. The molecule has 0 spiro atoms. The predicted molar refractivity (Wildman–Crippen MR) is 96.5 cm³/mol. The van der Waals surface area contributed by atoms with Crippen molar-refractivity contribution in [1.29, 1.82) is 0 Å². The van der Waals surface area contributed by atoms with Crippen LogP contribution in [0, 0.1) is 28.9 Å². The minimum Gasteiger partial charge on any atom is -0.458 e. The highest BCUT2D eigenvalue weighted by atomic mass is 16.9. The zero-order valence-electron chi connectivity index (χ0n) is 16.8. The van der Waals surface area contributed by atoms with Gasteiger partial charge in [0.05, 0.1) is 19.1 Å². The van der Waals surface area contributed by atoms with Crippen LogP contribution in [0.1, 0.15) is 53.4 Å². The molecule has 8 heteroatoms. The van der Waals surface area contributed by atoms with E-state index in [0.717, 1.165) is 26.4 Å². The standard InChI is InChI=1S/C19H31NO7/c1-6-25-18(22)17(20(23)24-5)14-10-16(21)27-19(14)26-15-9-12(4)7-8-13(15)11(2)3/h11-15,19H,6-10H2,1-5H3/b20-17+/t12-,13+,14+,15-,19-/m1/s1. The maximum atomic E-state index is 12.3. The van der Waals surface area contributed by atoms with Gasteiger partial charge < -0.3 is 19.0 Å². The van der Waals surface area contributed by atoms with Gasteiger partial charge in [-0.3, -0.25) is 10.0 Å². The molecule has 0 bridgehead atoms. The van der Waals surface area contributed by atoms with Gasteiger partial charge in [-0.15, -0.1) is 0 Å². The molecule has 0 aromatic carbocycles. The van der Waals surface area contributed by atoms with E-state index >= 15 is 0 Å². The molecule has 0 aromatic rings. The summed E-state index contributed by atoms with van der Waals surface area (Å²) in [6.07, 6.45) is 1.79. The van der Waals surface area contributed by atoms with Crippen molar-refractivity contribution in [2.24, 2.45) is 23.7 Å². The van der Waals surface area contributed by atoms with Crippen LogP contribution >= 0.6 is 0 Å². The highest BCUT2D eigenvalue weighted by Gasteiger charge is 2.50. The van der Waals surface area contributed by atoms with Gasteiger partial charge in [0.15, 0.2) is 0 Å². The largest absolute Gasteiger partial charge is 0.458 e. The second kappa shape index (κ2) is 9.39. The predicted octanol–water partition coefficient (Wildman–Crippen LogP) is 2.43.